The van der Waals surface area contributed by atoms with Gasteiger partial charge in [-0.15, -0.1) is 0 Å². The summed E-state index contributed by atoms with van der Waals surface area (Å²) in [4.78, 5) is 10.1. The fourth-order valence-corrected chi connectivity index (χ4v) is 4.69. The SMILES string of the molecule is C=C(N=C(N=C(C)c1ccccc1)C1=C2Cc3ccc(C)cc3C2=CCC1)c1ccccc1. The number of aryl methyl sites for hydroxylation is 1. The summed E-state index contributed by atoms with van der Waals surface area (Å²) in [6, 6.07) is 27.3. The van der Waals surface area contributed by atoms with E-state index in [9.17, 15) is 0 Å². The van der Waals surface area contributed by atoms with Gasteiger partial charge < -0.3 is 0 Å². The fourth-order valence-electron chi connectivity index (χ4n) is 4.69. The van der Waals surface area contributed by atoms with Crippen molar-refractivity contribution >= 4 is 22.8 Å². The highest BCUT2D eigenvalue weighted by molar-refractivity contribution is 6.14. The normalized spacial score (nSPS) is 15.8. The van der Waals surface area contributed by atoms with Crippen LogP contribution in [0.15, 0.2) is 113 Å². The zero-order valence-corrected chi connectivity index (χ0v) is 19.3. The lowest BCUT2D eigenvalue weighted by molar-refractivity contribution is 0.978. The van der Waals surface area contributed by atoms with Crippen molar-refractivity contribution in [3.05, 3.63) is 130 Å². The number of nitrogens with zero attached hydrogens (tertiary/aromatic N) is 2. The largest absolute Gasteiger partial charge is 0.233 e. The van der Waals surface area contributed by atoms with E-state index in [4.69, 9.17) is 9.98 Å². The molecule has 0 amide bonds. The summed E-state index contributed by atoms with van der Waals surface area (Å²) >= 11 is 0. The molecule has 3 aromatic rings. The Labute approximate surface area is 196 Å². The number of fused-ring (bicyclic) bond motifs is 3. The van der Waals surface area contributed by atoms with E-state index in [2.05, 4.69) is 69.0 Å². The second kappa shape index (κ2) is 8.99. The molecule has 0 atom stereocenters. The number of allylic oxidation sites excluding steroid dienone is 3. The second-order valence-electron chi connectivity index (χ2n) is 8.76. The summed E-state index contributed by atoms with van der Waals surface area (Å²) in [7, 11) is 0. The zero-order valence-electron chi connectivity index (χ0n) is 19.3. The molecule has 0 aliphatic heterocycles. The molecule has 0 radical (unpaired) electrons. The monoisotopic (exact) mass is 428 g/mol. The lowest BCUT2D eigenvalue weighted by atomic mass is 9.90. The van der Waals surface area contributed by atoms with Crippen LogP contribution in [-0.2, 0) is 6.42 Å². The van der Waals surface area contributed by atoms with E-state index in [1.807, 2.05) is 36.4 Å². The van der Waals surface area contributed by atoms with E-state index in [0.717, 1.165) is 47.6 Å². The quantitative estimate of drug-likeness (QED) is 0.302. The average molecular weight is 429 g/mol. The number of aliphatic imine (C=N–C) groups is 2. The predicted molar refractivity (Wildman–Crippen MR) is 141 cm³/mol. The van der Waals surface area contributed by atoms with Gasteiger partial charge in [0.15, 0.2) is 5.84 Å². The van der Waals surface area contributed by atoms with Crippen LogP contribution in [0, 0.1) is 6.92 Å². The van der Waals surface area contributed by atoms with Gasteiger partial charge in [0, 0.05) is 11.3 Å². The first-order chi connectivity index (χ1) is 16.1. The van der Waals surface area contributed by atoms with Gasteiger partial charge in [-0.1, -0.05) is 97.1 Å². The maximum absolute atomic E-state index is 5.10. The van der Waals surface area contributed by atoms with Crippen LogP contribution in [-0.4, -0.2) is 11.5 Å². The molecule has 3 aromatic carbocycles. The molecule has 162 valence electrons. The number of rotatable bonds is 4. The molecule has 0 spiro atoms. The molecule has 33 heavy (non-hydrogen) atoms. The number of benzene rings is 3. The van der Waals surface area contributed by atoms with Gasteiger partial charge in [-0.25, -0.2) is 9.98 Å². The molecule has 0 fully saturated rings. The van der Waals surface area contributed by atoms with Gasteiger partial charge in [-0.2, -0.15) is 0 Å². The minimum Gasteiger partial charge on any atom is -0.233 e. The molecule has 0 aromatic heterocycles. The van der Waals surface area contributed by atoms with E-state index in [-0.39, 0.29) is 0 Å². The van der Waals surface area contributed by atoms with Gasteiger partial charge in [-0.3, -0.25) is 0 Å². The van der Waals surface area contributed by atoms with Crippen LogP contribution in [0.3, 0.4) is 0 Å². The summed E-state index contributed by atoms with van der Waals surface area (Å²) in [5, 5.41) is 0. The van der Waals surface area contributed by atoms with Crippen molar-refractivity contribution in [1.29, 1.82) is 0 Å². The van der Waals surface area contributed by atoms with Crippen molar-refractivity contribution in [1.82, 2.24) is 0 Å². The highest BCUT2D eigenvalue weighted by Crippen LogP contribution is 2.43. The molecule has 0 N–H and O–H groups in total. The van der Waals surface area contributed by atoms with E-state index < -0.39 is 0 Å². The summed E-state index contributed by atoms with van der Waals surface area (Å²) in [5.41, 5.74) is 11.9. The van der Waals surface area contributed by atoms with E-state index in [1.165, 1.54) is 33.4 Å². The Morgan fingerprint density at radius 3 is 2.27 bits per heavy atom. The van der Waals surface area contributed by atoms with Crippen molar-refractivity contribution in [2.45, 2.75) is 33.1 Å². The van der Waals surface area contributed by atoms with Gasteiger partial charge >= 0.3 is 0 Å². The Hall–Kier alpha value is -3.78. The first kappa shape index (κ1) is 21.1. The predicted octanol–water partition coefficient (Wildman–Crippen LogP) is 7.60. The standard InChI is InChI=1S/C31H28N2/c1-21-17-18-26-20-30-27(29(26)19-21)15-10-16-28(30)31(32-22(2)24-11-6-4-7-12-24)33-23(3)25-13-8-5-9-14-25/h4-9,11-15,17-19H,2,10,16,20H2,1,3H3. The van der Waals surface area contributed by atoms with Crippen LogP contribution in [0.25, 0.3) is 11.3 Å². The van der Waals surface area contributed by atoms with Crippen LogP contribution in [0.2, 0.25) is 0 Å². The molecule has 0 saturated carbocycles. The van der Waals surface area contributed by atoms with Crippen LogP contribution in [0.1, 0.15) is 47.6 Å². The van der Waals surface area contributed by atoms with E-state index >= 15 is 0 Å². The highest BCUT2D eigenvalue weighted by atomic mass is 14.9. The Kier molecular flexibility index (Phi) is 5.75. The third kappa shape index (κ3) is 4.29. The molecule has 2 nitrogen and oxygen atoms in total. The van der Waals surface area contributed by atoms with Gasteiger partial charge in [-0.05, 0) is 66.5 Å². The first-order valence-corrected chi connectivity index (χ1v) is 11.6. The summed E-state index contributed by atoms with van der Waals surface area (Å²) in [6.07, 6.45) is 5.27. The van der Waals surface area contributed by atoms with Crippen LogP contribution in [0.5, 0.6) is 0 Å². The summed E-state index contributed by atoms with van der Waals surface area (Å²) in [5.74, 6) is 0.787. The fraction of sp³-hybridized carbons (Fsp3) is 0.161. The minimum absolute atomic E-state index is 0.741. The maximum Gasteiger partial charge on any atom is 0.156 e. The summed E-state index contributed by atoms with van der Waals surface area (Å²) in [6.45, 7) is 8.51. The molecular weight excluding hydrogens is 400 g/mol. The maximum atomic E-state index is 5.10. The van der Waals surface area contributed by atoms with E-state index in [0.29, 0.717) is 0 Å². The van der Waals surface area contributed by atoms with Crippen molar-refractivity contribution in [2.24, 2.45) is 9.98 Å². The molecule has 0 heterocycles. The molecule has 5 rings (SSSR count). The van der Waals surface area contributed by atoms with E-state index in [1.54, 1.807) is 0 Å². The summed E-state index contributed by atoms with van der Waals surface area (Å²) < 4.78 is 0. The van der Waals surface area contributed by atoms with Crippen LogP contribution < -0.4 is 0 Å². The van der Waals surface area contributed by atoms with Gasteiger partial charge in [0.05, 0.1) is 5.70 Å². The molecule has 2 aliphatic carbocycles. The lowest BCUT2D eigenvalue weighted by Gasteiger charge is -2.18. The topological polar surface area (TPSA) is 24.7 Å². The second-order valence-corrected chi connectivity index (χ2v) is 8.76. The number of amidine groups is 1. The Morgan fingerprint density at radius 2 is 1.55 bits per heavy atom. The van der Waals surface area contributed by atoms with Crippen LogP contribution in [0.4, 0.5) is 0 Å². The minimum atomic E-state index is 0.741. The van der Waals surface area contributed by atoms with Crippen LogP contribution >= 0.6 is 0 Å². The smallest absolute Gasteiger partial charge is 0.156 e. The zero-order chi connectivity index (χ0) is 22.8. The first-order valence-electron chi connectivity index (χ1n) is 11.6. The average Bonchev–Trinajstić information content (AvgIpc) is 3.22. The number of hydrogen-bond donors (Lipinski definition) is 0. The van der Waals surface area contributed by atoms with Crippen molar-refractivity contribution in [3.63, 3.8) is 0 Å². The molecule has 0 saturated heterocycles. The molecule has 2 aliphatic rings. The van der Waals surface area contributed by atoms with Crippen molar-refractivity contribution < 1.29 is 0 Å². The highest BCUT2D eigenvalue weighted by Gasteiger charge is 2.28. The molecule has 0 bridgehead atoms. The number of hydrogen-bond acceptors (Lipinski definition) is 1. The van der Waals surface area contributed by atoms with Crippen molar-refractivity contribution in [3.8, 4) is 0 Å². The lowest BCUT2D eigenvalue weighted by Crippen LogP contribution is -2.10. The molecule has 2 heteroatoms. The molecular formula is C31H28N2. The third-order valence-electron chi connectivity index (χ3n) is 6.44. The Bertz CT molecular complexity index is 1340. The van der Waals surface area contributed by atoms with Crippen molar-refractivity contribution in [2.75, 3.05) is 0 Å². The molecule has 0 unspecified atom stereocenters. The third-order valence-corrected chi connectivity index (χ3v) is 6.44. The van der Waals surface area contributed by atoms with Gasteiger partial charge in [0.25, 0.3) is 0 Å². The Morgan fingerprint density at radius 1 is 0.848 bits per heavy atom. The Balaban J connectivity index is 1.63. The van der Waals surface area contributed by atoms with Gasteiger partial charge in [0.2, 0.25) is 0 Å². The van der Waals surface area contributed by atoms with Gasteiger partial charge in [0.1, 0.15) is 0 Å².